The third kappa shape index (κ3) is 8.40. The summed E-state index contributed by atoms with van der Waals surface area (Å²) < 4.78 is 10.2. The molecule has 0 bridgehead atoms. The van der Waals surface area contributed by atoms with Gasteiger partial charge in [-0.05, 0) is 31.8 Å². The minimum Gasteiger partial charge on any atom is -0.469 e. The molecule has 0 radical (unpaired) electrons. The number of Topliss-reactive ketones (excluding diaryl/α,β-unsaturated/α-hetero) is 1. The van der Waals surface area contributed by atoms with Crippen LogP contribution in [-0.2, 0) is 23.9 Å². The molecule has 160 valence electrons. The van der Waals surface area contributed by atoms with Crippen molar-refractivity contribution in [1.29, 1.82) is 0 Å². The van der Waals surface area contributed by atoms with E-state index in [1.54, 1.807) is 12.2 Å². The first-order valence-electron chi connectivity index (χ1n) is 10.1. The van der Waals surface area contributed by atoms with Crippen molar-refractivity contribution < 1.29 is 23.9 Å². The lowest BCUT2D eigenvalue weighted by Gasteiger charge is -2.27. The van der Waals surface area contributed by atoms with Crippen molar-refractivity contribution in [2.24, 2.45) is 0 Å². The zero-order valence-electron chi connectivity index (χ0n) is 17.5. The number of halogens is 1. The molecule has 0 aromatic heterocycles. The smallest absolute Gasteiger partial charge is 0.305 e. The van der Waals surface area contributed by atoms with Crippen LogP contribution in [0, 0.1) is 0 Å². The quantitative estimate of drug-likeness (QED) is 0.183. The van der Waals surface area contributed by atoms with Crippen LogP contribution < -0.4 is 0 Å². The molecule has 1 rings (SSSR count). The summed E-state index contributed by atoms with van der Waals surface area (Å²) in [4.78, 5) is 35.4. The molecule has 0 spiro atoms. The Morgan fingerprint density at radius 1 is 1.14 bits per heavy atom. The molecule has 0 saturated heterocycles. The van der Waals surface area contributed by atoms with E-state index in [1.807, 2.05) is 18.2 Å². The van der Waals surface area contributed by atoms with E-state index in [0.29, 0.717) is 31.3 Å². The molecular weight excluding hydrogens is 392 g/mol. The fourth-order valence-corrected chi connectivity index (χ4v) is 3.33. The van der Waals surface area contributed by atoms with Crippen LogP contribution in [0.4, 0.5) is 0 Å². The minimum atomic E-state index is -1.18. The lowest BCUT2D eigenvalue weighted by Crippen LogP contribution is -2.33. The summed E-state index contributed by atoms with van der Waals surface area (Å²) in [6, 6.07) is 0. The van der Waals surface area contributed by atoms with E-state index < -0.39 is 11.6 Å². The van der Waals surface area contributed by atoms with E-state index in [1.165, 1.54) is 20.1 Å². The molecule has 5 nitrogen and oxygen atoms in total. The Labute approximate surface area is 178 Å². The van der Waals surface area contributed by atoms with Gasteiger partial charge in [-0.1, -0.05) is 61.7 Å². The van der Waals surface area contributed by atoms with E-state index in [4.69, 9.17) is 16.3 Å². The van der Waals surface area contributed by atoms with E-state index in [0.717, 1.165) is 25.7 Å². The summed E-state index contributed by atoms with van der Waals surface area (Å²) in [5.41, 5.74) is -0.849. The summed E-state index contributed by atoms with van der Waals surface area (Å²) in [7, 11) is 1.36. The monoisotopic (exact) mass is 422 g/mol. The van der Waals surface area contributed by atoms with Gasteiger partial charge in [0.1, 0.15) is 0 Å². The largest absolute Gasteiger partial charge is 0.469 e. The van der Waals surface area contributed by atoms with Gasteiger partial charge < -0.3 is 9.47 Å². The first kappa shape index (κ1) is 24.9. The molecule has 0 amide bonds. The van der Waals surface area contributed by atoms with Crippen LogP contribution in [0.2, 0.25) is 0 Å². The van der Waals surface area contributed by atoms with Crippen molar-refractivity contribution in [3.63, 3.8) is 0 Å². The molecule has 1 unspecified atom stereocenters. The van der Waals surface area contributed by atoms with Gasteiger partial charge in [-0.2, -0.15) is 0 Å². The topological polar surface area (TPSA) is 69.7 Å². The average molecular weight is 423 g/mol. The van der Waals surface area contributed by atoms with Gasteiger partial charge in [-0.15, -0.1) is 0 Å². The highest BCUT2D eigenvalue weighted by Crippen LogP contribution is 2.39. The van der Waals surface area contributed by atoms with Crippen molar-refractivity contribution in [3.05, 3.63) is 47.1 Å². The third-order valence-electron chi connectivity index (χ3n) is 4.54. The average Bonchev–Trinajstić information content (AvgIpc) is 2.90. The van der Waals surface area contributed by atoms with Crippen molar-refractivity contribution in [2.45, 2.75) is 70.8 Å². The number of methoxy groups -OCH3 is 1. The number of hydrogen-bond donors (Lipinski definition) is 0. The number of carbonyl (C=O) groups is 3. The zero-order valence-corrected chi connectivity index (χ0v) is 18.3. The molecule has 1 aliphatic carbocycles. The Balaban J connectivity index is 2.90. The Morgan fingerprint density at radius 3 is 2.52 bits per heavy atom. The third-order valence-corrected chi connectivity index (χ3v) is 4.82. The minimum absolute atomic E-state index is 0.0518. The fourth-order valence-electron chi connectivity index (χ4n) is 3.05. The van der Waals surface area contributed by atoms with Gasteiger partial charge in [0.25, 0.3) is 0 Å². The molecule has 0 aromatic carbocycles. The molecular formula is C23H31ClO5. The number of allylic oxidation sites excluding steroid dienone is 5. The Bertz CT molecular complexity index is 702. The lowest BCUT2D eigenvalue weighted by molar-refractivity contribution is -0.149. The summed E-state index contributed by atoms with van der Waals surface area (Å²) in [5.74, 6) is -1.07. The first-order valence-corrected chi connectivity index (χ1v) is 10.5. The van der Waals surface area contributed by atoms with E-state index >= 15 is 0 Å². The predicted molar refractivity (Wildman–Crippen MR) is 114 cm³/mol. The molecule has 0 saturated carbocycles. The standard InChI is InChI=1S/C23H31ClO5/c1-4-5-6-7-10-13-16-23(29-18(2)25)17-20(24)22(27)19(23)14-11-8-9-12-15-21(26)28-3/h8,10-11,13-14,17H,4-7,9,12,15-16H2,1-3H3/b11-8+,13-10-,19-14+. The maximum atomic E-state index is 12.5. The number of carbonyl (C=O) groups excluding carboxylic acids is 3. The Morgan fingerprint density at radius 2 is 1.86 bits per heavy atom. The molecule has 29 heavy (non-hydrogen) atoms. The van der Waals surface area contributed by atoms with Crippen LogP contribution in [0.1, 0.15) is 65.2 Å². The van der Waals surface area contributed by atoms with Gasteiger partial charge in [0.05, 0.1) is 12.1 Å². The fraction of sp³-hybridized carbons (Fsp3) is 0.522. The van der Waals surface area contributed by atoms with E-state index in [2.05, 4.69) is 11.7 Å². The van der Waals surface area contributed by atoms with Gasteiger partial charge in [-0.3, -0.25) is 14.4 Å². The molecule has 0 N–H and O–H groups in total. The van der Waals surface area contributed by atoms with Gasteiger partial charge in [0.2, 0.25) is 5.78 Å². The second kappa shape index (κ2) is 13.2. The summed E-state index contributed by atoms with van der Waals surface area (Å²) in [6.45, 7) is 3.47. The van der Waals surface area contributed by atoms with Crippen LogP contribution in [0.15, 0.2) is 47.1 Å². The van der Waals surface area contributed by atoms with Gasteiger partial charge in [0, 0.05) is 25.3 Å². The van der Waals surface area contributed by atoms with Crippen molar-refractivity contribution in [2.75, 3.05) is 7.11 Å². The second-order valence-electron chi connectivity index (χ2n) is 6.95. The van der Waals surface area contributed by atoms with Crippen LogP contribution in [-0.4, -0.2) is 30.4 Å². The van der Waals surface area contributed by atoms with Crippen molar-refractivity contribution >= 4 is 29.3 Å². The number of hydrogen-bond acceptors (Lipinski definition) is 5. The molecule has 6 heteroatoms. The normalized spacial score (nSPS) is 20.6. The Hall–Kier alpha value is -2.14. The maximum Gasteiger partial charge on any atom is 0.305 e. The molecule has 0 heterocycles. The highest BCUT2D eigenvalue weighted by molar-refractivity contribution is 6.46. The van der Waals surface area contributed by atoms with Gasteiger partial charge in [0.15, 0.2) is 5.60 Å². The van der Waals surface area contributed by atoms with Gasteiger partial charge in [-0.25, -0.2) is 0 Å². The molecule has 0 aliphatic heterocycles. The maximum absolute atomic E-state index is 12.5. The Kier molecular flexibility index (Phi) is 11.3. The second-order valence-corrected chi connectivity index (χ2v) is 7.36. The van der Waals surface area contributed by atoms with Crippen LogP contribution in [0.3, 0.4) is 0 Å². The number of esters is 2. The van der Waals surface area contributed by atoms with Crippen molar-refractivity contribution in [3.8, 4) is 0 Å². The predicted octanol–water partition coefficient (Wildman–Crippen LogP) is 5.35. The number of ether oxygens (including phenoxy) is 2. The van der Waals surface area contributed by atoms with E-state index in [9.17, 15) is 14.4 Å². The van der Waals surface area contributed by atoms with Crippen LogP contribution in [0.5, 0.6) is 0 Å². The number of ketones is 1. The van der Waals surface area contributed by atoms with Crippen LogP contribution in [0.25, 0.3) is 0 Å². The van der Waals surface area contributed by atoms with Crippen molar-refractivity contribution in [1.82, 2.24) is 0 Å². The summed E-state index contributed by atoms with van der Waals surface area (Å²) in [6.07, 6.45) is 17.1. The molecule has 0 fully saturated rings. The number of rotatable bonds is 12. The molecule has 1 atom stereocenters. The SMILES string of the molecule is CCCCC/C=C\CC1(OC(C)=O)C=C(Cl)C(=O)/C1=C\C=C\CCCC(=O)OC. The van der Waals surface area contributed by atoms with Crippen LogP contribution >= 0.6 is 11.6 Å². The summed E-state index contributed by atoms with van der Waals surface area (Å²) >= 11 is 6.10. The zero-order chi connectivity index (χ0) is 21.7. The highest BCUT2D eigenvalue weighted by atomic mass is 35.5. The lowest BCUT2D eigenvalue weighted by atomic mass is 9.91. The van der Waals surface area contributed by atoms with E-state index in [-0.39, 0.29) is 16.8 Å². The number of unbranched alkanes of at least 4 members (excludes halogenated alkanes) is 4. The summed E-state index contributed by atoms with van der Waals surface area (Å²) in [5, 5.41) is 0.0518. The first-order chi connectivity index (χ1) is 13.9. The molecule has 0 aromatic rings. The van der Waals surface area contributed by atoms with Gasteiger partial charge >= 0.3 is 11.9 Å². The highest BCUT2D eigenvalue weighted by Gasteiger charge is 2.44. The molecule has 1 aliphatic rings.